The van der Waals surface area contributed by atoms with Gasteiger partial charge in [0.2, 0.25) is 0 Å². The maximum absolute atomic E-state index is 5.90. The molecule has 0 bridgehead atoms. The van der Waals surface area contributed by atoms with Gasteiger partial charge in [-0.3, -0.25) is 0 Å². The summed E-state index contributed by atoms with van der Waals surface area (Å²) in [5.74, 6) is 1.07. The number of fused-ring (bicyclic) bond motifs is 1. The van der Waals surface area contributed by atoms with Crippen molar-refractivity contribution in [3.05, 3.63) is 40.8 Å². The van der Waals surface area contributed by atoms with Crippen molar-refractivity contribution in [1.29, 1.82) is 0 Å². The number of anilines is 1. The molecule has 2 heterocycles. The molecule has 0 unspecified atom stereocenters. The van der Waals surface area contributed by atoms with E-state index in [1.807, 2.05) is 37.3 Å². The third kappa shape index (κ3) is 2.06. The third-order valence-corrected chi connectivity index (χ3v) is 3.01. The molecule has 3 rings (SSSR count). The first-order chi connectivity index (χ1) is 9.15. The molecule has 0 fully saturated rings. The summed E-state index contributed by atoms with van der Waals surface area (Å²) in [6, 6.07) is 9.74. The number of rotatable bonds is 1. The average molecular weight is 269 g/mol. The zero-order chi connectivity index (χ0) is 13.4. The van der Waals surface area contributed by atoms with Crippen LogP contribution in [-0.4, -0.2) is 19.9 Å². The molecule has 94 valence electrons. The number of aryl methyl sites for hydroxylation is 1. The zero-order valence-corrected chi connectivity index (χ0v) is 11.0. The van der Waals surface area contributed by atoms with E-state index in [-0.39, 0.29) is 0 Å². The Morgan fingerprint density at radius 1 is 1.11 bits per heavy atom. The van der Waals surface area contributed by atoms with Gasteiger partial charge in [0.15, 0.2) is 16.2 Å². The Hall–Kier alpha value is -2.34. The van der Waals surface area contributed by atoms with Crippen molar-refractivity contribution in [2.75, 3.05) is 5.73 Å². The molecule has 0 atom stereocenters. The monoisotopic (exact) mass is 269 g/mol. The second-order valence-corrected chi connectivity index (χ2v) is 4.54. The predicted molar refractivity (Wildman–Crippen MR) is 77.1 cm³/mol. The maximum atomic E-state index is 5.90. The van der Waals surface area contributed by atoms with Crippen LogP contribution in [0.5, 0.6) is 0 Å². The van der Waals surface area contributed by atoms with Crippen LogP contribution in [0.3, 0.4) is 0 Å². The summed E-state index contributed by atoms with van der Waals surface area (Å²) in [7, 11) is 0. The van der Waals surface area contributed by atoms with Crippen LogP contribution in [0.4, 0.5) is 5.82 Å². The highest BCUT2D eigenvalue weighted by Gasteiger charge is 2.10. The van der Waals surface area contributed by atoms with Gasteiger partial charge in [0.1, 0.15) is 5.82 Å². The lowest BCUT2D eigenvalue weighted by atomic mass is 10.2. The van der Waals surface area contributed by atoms with Crippen LogP contribution in [0.2, 0.25) is 0 Å². The van der Waals surface area contributed by atoms with Crippen LogP contribution in [0.1, 0.15) is 5.69 Å². The van der Waals surface area contributed by atoms with Crippen molar-refractivity contribution in [3.8, 4) is 11.4 Å². The first kappa shape index (κ1) is 11.7. The van der Waals surface area contributed by atoms with Crippen molar-refractivity contribution in [2.45, 2.75) is 6.92 Å². The predicted octanol–water partition coefficient (Wildman–Crippen LogP) is 2.64. The summed E-state index contributed by atoms with van der Waals surface area (Å²) in [6.07, 6.45) is 0. The highest BCUT2D eigenvalue weighted by molar-refractivity contribution is 7.71. The number of nitrogens with zero attached hydrogens (tertiary/aromatic N) is 3. The van der Waals surface area contributed by atoms with Crippen molar-refractivity contribution in [3.63, 3.8) is 0 Å². The lowest BCUT2D eigenvalue weighted by Gasteiger charge is -2.06. The van der Waals surface area contributed by atoms with Crippen molar-refractivity contribution in [2.24, 2.45) is 0 Å². The smallest absolute Gasteiger partial charge is 0.200 e. The Morgan fingerprint density at radius 2 is 1.84 bits per heavy atom. The molecule has 0 saturated heterocycles. The van der Waals surface area contributed by atoms with E-state index in [4.69, 9.17) is 18.0 Å². The van der Waals surface area contributed by atoms with Gasteiger partial charge in [0.25, 0.3) is 0 Å². The lowest BCUT2D eigenvalue weighted by molar-refractivity contribution is 1.10. The SMILES string of the molecule is Cc1nc(-c2ccccc2)nc2nc(=S)[nH]c(N)c12. The Labute approximate surface area is 114 Å². The minimum Gasteiger partial charge on any atom is -0.385 e. The van der Waals surface area contributed by atoms with E-state index in [2.05, 4.69) is 19.9 Å². The fourth-order valence-corrected chi connectivity index (χ4v) is 2.17. The van der Waals surface area contributed by atoms with E-state index in [9.17, 15) is 0 Å². The van der Waals surface area contributed by atoms with Gasteiger partial charge in [-0.1, -0.05) is 30.3 Å². The number of nitrogens with two attached hydrogens (primary N) is 1. The van der Waals surface area contributed by atoms with Gasteiger partial charge in [-0.05, 0) is 19.1 Å². The maximum Gasteiger partial charge on any atom is 0.200 e. The number of benzene rings is 1. The van der Waals surface area contributed by atoms with Gasteiger partial charge in [-0.25, -0.2) is 9.97 Å². The van der Waals surface area contributed by atoms with E-state index >= 15 is 0 Å². The quantitative estimate of drug-likeness (QED) is 0.664. The first-order valence-electron chi connectivity index (χ1n) is 5.75. The molecule has 0 aliphatic carbocycles. The summed E-state index contributed by atoms with van der Waals surface area (Å²) >= 11 is 5.02. The van der Waals surface area contributed by atoms with Gasteiger partial charge in [-0.15, -0.1) is 0 Å². The van der Waals surface area contributed by atoms with Gasteiger partial charge in [0, 0.05) is 5.56 Å². The van der Waals surface area contributed by atoms with Crippen LogP contribution in [0.15, 0.2) is 30.3 Å². The second kappa shape index (κ2) is 4.40. The Balaban J connectivity index is 2.34. The molecule has 2 aromatic heterocycles. The molecular weight excluding hydrogens is 258 g/mol. The van der Waals surface area contributed by atoms with E-state index in [1.165, 1.54) is 0 Å². The highest BCUT2D eigenvalue weighted by Crippen LogP contribution is 2.22. The number of aromatic nitrogens is 4. The minimum atomic E-state index is 0.321. The molecule has 0 radical (unpaired) electrons. The number of hydrogen-bond acceptors (Lipinski definition) is 5. The van der Waals surface area contributed by atoms with Crippen LogP contribution in [-0.2, 0) is 0 Å². The van der Waals surface area contributed by atoms with Crippen molar-refractivity contribution < 1.29 is 0 Å². The Kier molecular flexibility index (Phi) is 2.72. The fourth-order valence-electron chi connectivity index (χ4n) is 1.97. The summed E-state index contributed by atoms with van der Waals surface area (Å²) in [6.45, 7) is 1.88. The Morgan fingerprint density at radius 3 is 2.58 bits per heavy atom. The molecular formula is C13H11N5S. The first-order valence-corrected chi connectivity index (χ1v) is 6.15. The second-order valence-electron chi connectivity index (χ2n) is 4.15. The summed E-state index contributed by atoms with van der Waals surface area (Å²) in [4.78, 5) is 15.9. The molecule has 5 nitrogen and oxygen atoms in total. The zero-order valence-electron chi connectivity index (χ0n) is 10.2. The molecule has 0 spiro atoms. The number of hydrogen-bond donors (Lipinski definition) is 2. The molecule has 6 heteroatoms. The molecule has 3 aromatic rings. The van der Waals surface area contributed by atoms with Gasteiger partial charge in [-0.2, -0.15) is 4.98 Å². The molecule has 1 aromatic carbocycles. The average Bonchev–Trinajstić information content (AvgIpc) is 2.38. The summed E-state index contributed by atoms with van der Waals surface area (Å²) in [5.41, 5.74) is 8.14. The van der Waals surface area contributed by atoms with E-state index in [0.717, 1.165) is 11.3 Å². The van der Waals surface area contributed by atoms with Gasteiger partial charge < -0.3 is 10.7 Å². The third-order valence-electron chi connectivity index (χ3n) is 2.82. The number of nitrogen functional groups attached to an aromatic ring is 1. The molecule has 0 saturated carbocycles. The Bertz CT molecular complexity index is 810. The number of nitrogens with one attached hydrogen (secondary N) is 1. The van der Waals surface area contributed by atoms with E-state index in [1.54, 1.807) is 0 Å². The normalized spacial score (nSPS) is 10.8. The largest absolute Gasteiger partial charge is 0.385 e. The van der Waals surface area contributed by atoms with Crippen molar-refractivity contribution in [1.82, 2.24) is 19.9 Å². The highest BCUT2D eigenvalue weighted by atomic mass is 32.1. The molecule has 0 aliphatic heterocycles. The molecule has 0 aliphatic rings. The van der Waals surface area contributed by atoms with Crippen molar-refractivity contribution >= 4 is 29.1 Å². The minimum absolute atomic E-state index is 0.321. The number of H-pyrrole nitrogens is 1. The van der Waals surface area contributed by atoms with Crippen LogP contribution in [0, 0.1) is 11.7 Å². The van der Waals surface area contributed by atoms with Gasteiger partial charge >= 0.3 is 0 Å². The molecule has 3 N–H and O–H groups in total. The standard InChI is InChI=1S/C13H11N5S/c1-7-9-10(14)16-13(19)18-12(9)17-11(15-7)8-5-3-2-4-6-8/h2-6H,1H3,(H3,14,15,16,17,18,19). The fraction of sp³-hybridized carbons (Fsp3) is 0.0769. The topological polar surface area (TPSA) is 80.5 Å². The van der Waals surface area contributed by atoms with E-state index in [0.29, 0.717) is 27.4 Å². The summed E-state index contributed by atoms with van der Waals surface area (Å²) < 4.78 is 0.321. The summed E-state index contributed by atoms with van der Waals surface area (Å²) in [5, 5.41) is 0.716. The van der Waals surface area contributed by atoms with E-state index < -0.39 is 0 Å². The van der Waals surface area contributed by atoms with Crippen LogP contribution < -0.4 is 5.73 Å². The molecule has 0 amide bonds. The lowest BCUT2D eigenvalue weighted by Crippen LogP contribution is -2.02. The molecule has 19 heavy (non-hydrogen) atoms. The van der Waals surface area contributed by atoms with Gasteiger partial charge in [0.05, 0.1) is 11.1 Å². The number of aromatic amines is 1. The van der Waals surface area contributed by atoms with Crippen LogP contribution >= 0.6 is 12.2 Å². The van der Waals surface area contributed by atoms with Crippen LogP contribution in [0.25, 0.3) is 22.4 Å².